The molecule has 136 valence electrons. The van der Waals surface area contributed by atoms with Crippen molar-refractivity contribution in [3.63, 3.8) is 0 Å². The third-order valence-electron chi connectivity index (χ3n) is 4.62. The normalized spacial score (nSPS) is 13.3. The van der Waals surface area contributed by atoms with Gasteiger partial charge in [0.1, 0.15) is 0 Å². The fourth-order valence-electron chi connectivity index (χ4n) is 2.87. The molecule has 4 heteroatoms. The van der Waals surface area contributed by atoms with Crippen LogP contribution in [0.2, 0.25) is 0 Å². The number of amides is 2. The lowest BCUT2D eigenvalue weighted by Gasteiger charge is -2.09. The van der Waals surface area contributed by atoms with Crippen LogP contribution in [0.5, 0.6) is 0 Å². The summed E-state index contributed by atoms with van der Waals surface area (Å²) in [6, 6.07) is 15.1. The van der Waals surface area contributed by atoms with Crippen LogP contribution >= 0.6 is 0 Å². The molecule has 1 aliphatic carbocycles. The summed E-state index contributed by atoms with van der Waals surface area (Å²) in [5, 5.41) is 5.79. The maximum Gasteiger partial charge on any atom is 0.255 e. The molecule has 0 aromatic heterocycles. The van der Waals surface area contributed by atoms with Gasteiger partial charge in [-0.3, -0.25) is 9.59 Å². The van der Waals surface area contributed by atoms with Crippen molar-refractivity contribution < 1.29 is 9.59 Å². The molecule has 1 saturated carbocycles. The van der Waals surface area contributed by atoms with Gasteiger partial charge in [-0.15, -0.1) is 0 Å². The molecule has 2 amide bonds. The number of unbranched alkanes of at least 4 members (excludes halogenated alkanes) is 2. The molecule has 2 N–H and O–H groups in total. The van der Waals surface area contributed by atoms with Crippen molar-refractivity contribution in [1.82, 2.24) is 0 Å². The number of nitrogens with one attached hydrogen (secondary N) is 2. The number of benzene rings is 2. The molecular formula is C22H26N2O2. The first kappa shape index (κ1) is 18.2. The average Bonchev–Trinajstić information content (AvgIpc) is 3.49. The minimum atomic E-state index is -0.175. The molecule has 0 saturated heterocycles. The van der Waals surface area contributed by atoms with Crippen LogP contribution in [0.15, 0.2) is 48.5 Å². The summed E-state index contributed by atoms with van der Waals surface area (Å²) in [6.07, 6.45) is 6.65. The second kappa shape index (κ2) is 8.65. The molecule has 0 unspecified atom stereocenters. The van der Waals surface area contributed by atoms with Crippen molar-refractivity contribution in [2.24, 2.45) is 5.92 Å². The minimum Gasteiger partial charge on any atom is -0.326 e. The topological polar surface area (TPSA) is 58.2 Å². The Bertz CT molecular complexity index is 764. The predicted molar refractivity (Wildman–Crippen MR) is 105 cm³/mol. The van der Waals surface area contributed by atoms with Gasteiger partial charge in [0, 0.05) is 22.9 Å². The van der Waals surface area contributed by atoms with Crippen molar-refractivity contribution in [3.05, 3.63) is 59.7 Å². The molecule has 26 heavy (non-hydrogen) atoms. The van der Waals surface area contributed by atoms with E-state index in [1.807, 2.05) is 18.2 Å². The molecule has 1 fully saturated rings. The number of carbonyl (C=O) groups excluding carboxylic acids is 2. The van der Waals surface area contributed by atoms with Gasteiger partial charge in [-0.05, 0) is 61.6 Å². The maximum atomic E-state index is 12.5. The van der Waals surface area contributed by atoms with Crippen LogP contribution in [0.3, 0.4) is 0 Å². The Hall–Kier alpha value is -2.62. The van der Waals surface area contributed by atoms with Crippen molar-refractivity contribution in [3.8, 4) is 0 Å². The van der Waals surface area contributed by atoms with E-state index < -0.39 is 0 Å². The SMILES string of the molecule is CCCCCc1ccc(NC(=O)c2cccc(NC(=O)C3CC3)c2)cc1. The summed E-state index contributed by atoms with van der Waals surface area (Å²) in [4.78, 5) is 24.3. The van der Waals surface area contributed by atoms with Crippen LogP contribution in [0.4, 0.5) is 11.4 Å². The standard InChI is InChI=1S/C22H26N2O2/c1-2-3-4-6-16-9-13-19(14-10-16)23-22(26)18-7-5-8-20(15-18)24-21(25)17-11-12-17/h5,7-10,13-15,17H,2-4,6,11-12H2,1H3,(H,23,26)(H,24,25). The number of hydrogen-bond donors (Lipinski definition) is 2. The van der Waals surface area contributed by atoms with Crippen LogP contribution in [0.1, 0.15) is 54.9 Å². The molecule has 1 aliphatic rings. The Kier molecular flexibility index (Phi) is 6.05. The predicted octanol–water partition coefficient (Wildman–Crippen LogP) is 5.02. The molecule has 0 radical (unpaired) electrons. The molecule has 3 rings (SSSR count). The van der Waals surface area contributed by atoms with Gasteiger partial charge < -0.3 is 10.6 Å². The van der Waals surface area contributed by atoms with Gasteiger partial charge in [-0.1, -0.05) is 38.0 Å². The fraction of sp³-hybridized carbons (Fsp3) is 0.364. The molecule has 2 aromatic carbocycles. The number of hydrogen-bond acceptors (Lipinski definition) is 2. The Morgan fingerprint density at radius 3 is 2.42 bits per heavy atom. The lowest BCUT2D eigenvalue weighted by molar-refractivity contribution is -0.117. The second-order valence-electron chi connectivity index (χ2n) is 6.95. The van der Waals surface area contributed by atoms with Gasteiger partial charge in [0.05, 0.1) is 0 Å². The highest BCUT2D eigenvalue weighted by Crippen LogP contribution is 2.30. The van der Waals surface area contributed by atoms with Crippen LogP contribution < -0.4 is 10.6 Å². The van der Waals surface area contributed by atoms with Crippen LogP contribution in [-0.2, 0) is 11.2 Å². The van der Waals surface area contributed by atoms with Crippen molar-refractivity contribution in [1.29, 1.82) is 0 Å². The van der Waals surface area contributed by atoms with Crippen molar-refractivity contribution in [2.45, 2.75) is 45.4 Å². The Balaban J connectivity index is 1.58. The first-order chi connectivity index (χ1) is 12.7. The Morgan fingerprint density at radius 2 is 1.73 bits per heavy atom. The number of rotatable bonds is 8. The highest BCUT2D eigenvalue weighted by molar-refractivity contribution is 6.05. The van der Waals surface area contributed by atoms with Crippen LogP contribution in [0, 0.1) is 5.92 Å². The van der Waals surface area contributed by atoms with Crippen LogP contribution in [-0.4, -0.2) is 11.8 Å². The highest BCUT2D eigenvalue weighted by atomic mass is 16.2. The van der Waals surface area contributed by atoms with E-state index in [0.29, 0.717) is 11.3 Å². The summed E-state index contributed by atoms with van der Waals surface area (Å²) in [7, 11) is 0. The lowest BCUT2D eigenvalue weighted by Crippen LogP contribution is -2.15. The summed E-state index contributed by atoms with van der Waals surface area (Å²) in [6.45, 7) is 2.20. The van der Waals surface area contributed by atoms with Crippen LogP contribution in [0.25, 0.3) is 0 Å². The zero-order chi connectivity index (χ0) is 18.4. The lowest BCUT2D eigenvalue weighted by atomic mass is 10.1. The van der Waals surface area contributed by atoms with E-state index in [9.17, 15) is 9.59 Å². The maximum absolute atomic E-state index is 12.5. The molecular weight excluding hydrogens is 324 g/mol. The fourth-order valence-corrected chi connectivity index (χ4v) is 2.87. The molecule has 4 nitrogen and oxygen atoms in total. The molecule has 0 heterocycles. The largest absolute Gasteiger partial charge is 0.326 e. The number of anilines is 2. The van der Waals surface area contributed by atoms with Gasteiger partial charge in [0.15, 0.2) is 0 Å². The zero-order valence-electron chi connectivity index (χ0n) is 15.3. The third kappa shape index (κ3) is 5.19. The van der Waals surface area contributed by atoms with Crippen molar-refractivity contribution >= 4 is 23.2 Å². The first-order valence-electron chi connectivity index (χ1n) is 9.47. The van der Waals surface area contributed by atoms with E-state index in [2.05, 4.69) is 29.7 Å². The second-order valence-corrected chi connectivity index (χ2v) is 6.95. The number of carbonyl (C=O) groups is 2. The van der Waals surface area contributed by atoms with Crippen molar-refractivity contribution in [2.75, 3.05) is 10.6 Å². The van der Waals surface area contributed by atoms with Gasteiger partial charge in [0.25, 0.3) is 5.91 Å². The van der Waals surface area contributed by atoms with Gasteiger partial charge in [0.2, 0.25) is 5.91 Å². The van der Waals surface area contributed by atoms with E-state index in [0.717, 1.165) is 24.9 Å². The minimum absolute atomic E-state index is 0.0428. The molecule has 0 atom stereocenters. The quantitative estimate of drug-likeness (QED) is 0.657. The summed E-state index contributed by atoms with van der Waals surface area (Å²) in [5.41, 5.74) is 3.27. The smallest absolute Gasteiger partial charge is 0.255 e. The van der Waals surface area contributed by atoms with E-state index in [1.165, 1.54) is 24.8 Å². The summed E-state index contributed by atoms with van der Waals surface area (Å²) in [5.74, 6) is 0.01000. The average molecular weight is 350 g/mol. The van der Waals surface area contributed by atoms with E-state index in [4.69, 9.17) is 0 Å². The highest BCUT2D eigenvalue weighted by Gasteiger charge is 2.29. The Labute approximate surface area is 155 Å². The Morgan fingerprint density at radius 1 is 0.962 bits per heavy atom. The summed E-state index contributed by atoms with van der Waals surface area (Å²) < 4.78 is 0. The molecule has 2 aromatic rings. The van der Waals surface area contributed by atoms with Gasteiger partial charge in [-0.2, -0.15) is 0 Å². The molecule has 0 bridgehead atoms. The van der Waals surface area contributed by atoms with Gasteiger partial charge in [-0.25, -0.2) is 0 Å². The monoisotopic (exact) mass is 350 g/mol. The molecule has 0 aliphatic heterocycles. The van der Waals surface area contributed by atoms with E-state index >= 15 is 0 Å². The number of aryl methyl sites for hydroxylation is 1. The van der Waals surface area contributed by atoms with E-state index in [-0.39, 0.29) is 17.7 Å². The summed E-state index contributed by atoms with van der Waals surface area (Å²) >= 11 is 0. The zero-order valence-corrected chi connectivity index (χ0v) is 15.3. The van der Waals surface area contributed by atoms with Gasteiger partial charge >= 0.3 is 0 Å². The van der Waals surface area contributed by atoms with E-state index in [1.54, 1.807) is 18.2 Å². The third-order valence-corrected chi connectivity index (χ3v) is 4.62. The first-order valence-corrected chi connectivity index (χ1v) is 9.47. The molecule has 0 spiro atoms.